The topological polar surface area (TPSA) is 29.1 Å². The fraction of sp³-hybridized carbons (Fsp3) is 0.615. The first kappa shape index (κ1) is 13.2. The van der Waals surface area contributed by atoms with E-state index in [1.54, 1.807) is 18.4 Å². The SMILES string of the molecule is CCC.CNC(=O)c1cc2c(s1)CCCC2.[HH]. The normalized spacial score (nSPS) is 13.4. The van der Waals surface area contributed by atoms with Crippen molar-refractivity contribution in [2.45, 2.75) is 46.0 Å². The molecule has 92 valence electrons. The number of aryl methyl sites for hydroxylation is 2. The van der Waals surface area contributed by atoms with Crippen molar-refractivity contribution < 1.29 is 6.22 Å². The molecule has 0 spiro atoms. The van der Waals surface area contributed by atoms with Crippen LogP contribution in [0, 0.1) is 0 Å². The zero-order chi connectivity index (χ0) is 12.0. The van der Waals surface area contributed by atoms with Gasteiger partial charge in [-0.1, -0.05) is 20.3 Å². The monoisotopic (exact) mass is 241 g/mol. The average Bonchev–Trinajstić information content (AvgIpc) is 2.72. The van der Waals surface area contributed by atoms with Gasteiger partial charge in [0.15, 0.2) is 0 Å². The highest BCUT2D eigenvalue weighted by molar-refractivity contribution is 7.14. The highest BCUT2D eigenvalue weighted by Crippen LogP contribution is 2.29. The lowest BCUT2D eigenvalue weighted by molar-refractivity contribution is 0.0967. The molecule has 0 bridgehead atoms. The van der Waals surface area contributed by atoms with Crippen molar-refractivity contribution in [3.63, 3.8) is 0 Å². The lowest BCUT2D eigenvalue weighted by Gasteiger charge is -2.08. The Balaban J connectivity index is 0.000000583. The van der Waals surface area contributed by atoms with Crippen LogP contribution in [0.15, 0.2) is 6.07 Å². The molecule has 16 heavy (non-hydrogen) atoms. The third-order valence-electron chi connectivity index (χ3n) is 2.45. The smallest absolute Gasteiger partial charge is 0.261 e. The fourth-order valence-electron chi connectivity index (χ4n) is 1.73. The Hall–Kier alpha value is -0.830. The molecule has 1 aromatic heterocycles. The third-order valence-corrected chi connectivity index (χ3v) is 3.68. The van der Waals surface area contributed by atoms with Gasteiger partial charge in [-0.15, -0.1) is 11.3 Å². The second-order valence-corrected chi connectivity index (χ2v) is 5.19. The Labute approximate surface area is 104 Å². The fourth-order valence-corrected chi connectivity index (χ4v) is 2.93. The molecule has 1 aliphatic rings. The molecule has 0 radical (unpaired) electrons. The number of nitrogens with one attached hydrogen (secondary N) is 1. The maximum atomic E-state index is 11.3. The predicted molar refractivity (Wildman–Crippen MR) is 72.4 cm³/mol. The maximum absolute atomic E-state index is 11.3. The number of thiophene rings is 1. The summed E-state index contributed by atoms with van der Waals surface area (Å²) in [5, 5.41) is 2.66. The van der Waals surface area contributed by atoms with Crippen LogP contribution in [0.5, 0.6) is 0 Å². The minimum absolute atomic E-state index is 0. The van der Waals surface area contributed by atoms with E-state index in [0.717, 1.165) is 17.7 Å². The molecule has 2 nitrogen and oxygen atoms in total. The van der Waals surface area contributed by atoms with E-state index in [0.29, 0.717) is 0 Å². The van der Waals surface area contributed by atoms with E-state index in [1.165, 1.54) is 29.7 Å². The first-order valence-electron chi connectivity index (χ1n) is 6.06. The van der Waals surface area contributed by atoms with Crippen LogP contribution in [0.4, 0.5) is 0 Å². The lowest BCUT2D eigenvalue weighted by Crippen LogP contribution is -2.16. The quantitative estimate of drug-likeness (QED) is 0.799. The van der Waals surface area contributed by atoms with Crippen LogP contribution in [-0.4, -0.2) is 13.0 Å². The minimum Gasteiger partial charge on any atom is -0.354 e. The number of amides is 1. The van der Waals surface area contributed by atoms with E-state index in [-0.39, 0.29) is 7.33 Å². The van der Waals surface area contributed by atoms with Crippen molar-refractivity contribution in [2.75, 3.05) is 7.05 Å². The van der Waals surface area contributed by atoms with Crippen molar-refractivity contribution in [2.24, 2.45) is 0 Å². The lowest BCUT2D eigenvalue weighted by atomic mass is 9.99. The molecule has 2 rings (SSSR count). The summed E-state index contributed by atoms with van der Waals surface area (Å²) in [6, 6.07) is 2.05. The summed E-state index contributed by atoms with van der Waals surface area (Å²) in [5.41, 5.74) is 1.40. The van der Waals surface area contributed by atoms with Crippen LogP contribution in [0.25, 0.3) is 0 Å². The summed E-state index contributed by atoms with van der Waals surface area (Å²) in [6.07, 6.45) is 6.12. The van der Waals surface area contributed by atoms with Gasteiger partial charge < -0.3 is 5.32 Å². The van der Waals surface area contributed by atoms with Gasteiger partial charge in [-0.3, -0.25) is 4.79 Å². The third kappa shape index (κ3) is 3.34. The van der Waals surface area contributed by atoms with Gasteiger partial charge >= 0.3 is 0 Å². The van der Waals surface area contributed by atoms with Crippen molar-refractivity contribution in [3.05, 3.63) is 21.4 Å². The van der Waals surface area contributed by atoms with E-state index in [1.807, 2.05) is 0 Å². The summed E-state index contributed by atoms with van der Waals surface area (Å²) < 4.78 is 0. The Kier molecular flexibility index (Phi) is 5.53. The summed E-state index contributed by atoms with van der Waals surface area (Å²) in [4.78, 5) is 13.6. The van der Waals surface area contributed by atoms with E-state index < -0.39 is 0 Å². The highest BCUT2D eigenvalue weighted by atomic mass is 32.1. The number of carbonyl (C=O) groups is 1. The minimum atomic E-state index is 0. The second kappa shape index (κ2) is 6.69. The average molecular weight is 241 g/mol. The molecular weight excluding hydrogens is 218 g/mol. The molecule has 1 aromatic rings. The summed E-state index contributed by atoms with van der Waals surface area (Å²) in [6.45, 7) is 4.25. The molecule has 0 aromatic carbocycles. The largest absolute Gasteiger partial charge is 0.354 e. The Morgan fingerprint density at radius 1 is 1.44 bits per heavy atom. The molecule has 0 aliphatic heterocycles. The van der Waals surface area contributed by atoms with Gasteiger partial charge in [-0.2, -0.15) is 0 Å². The Morgan fingerprint density at radius 3 is 2.62 bits per heavy atom. The molecule has 0 saturated heterocycles. The van der Waals surface area contributed by atoms with Crippen LogP contribution in [0.2, 0.25) is 0 Å². The van der Waals surface area contributed by atoms with Gasteiger partial charge in [0.2, 0.25) is 0 Å². The molecule has 0 saturated carbocycles. The molecular formula is C13H23NOS. The predicted octanol–water partition coefficient (Wildman–Crippen LogP) is 3.65. The van der Waals surface area contributed by atoms with Gasteiger partial charge in [0.25, 0.3) is 5.91 Å². The van der Waals surface area contributed by atoms with E-state index in [4.69, 9.17) is 0 Å². The first-order valence-corrected chi connectivity index (χ1v) is 6.88. The van der Waals surface area contributed by atoms with Gasteiger partial charge in [0, 0.05) is 13.4 Å². The van der Waals surface area contributed by atoms with Crippen LogP contribution in [0.1, 0.15) is 54.6 Å². The number of carbonyl (C=O) groups excluding carboxylic acids is 1. The van der Waals surface area contributed by atoms with Crippen molar-refractivity contribution in [1.29, 1.82) is 0 Å². The van der Waals surface area contributed by atoms with E-state index in [2.05, 4.69) is 25.2 Å². The van der Waals surface area contributed by atoms with Crippen LogP contribution in [-0.2, 0) is 12.8 Å². The number of rotatable bonds is 1. The molecule has 0 fully saturated rings. The molecule has 1 amide bonds. The van der Waals surface area contributed by atoms with Crippen molar-refractivity contribution in [1.82, 2.24) is 5.32 Å². The van der Waals surface area contributed by atoms with Crippen LogP contribution in [0.3, 0.4) is 0 Å². The number of fused-ring (bicyclic) bond motifs is 1. The molecule has 1 heterocycles. The standard InChI is InChI=1S/C10H13NOS.C3H8.H2/c1-11-10(12)9-6-7-4-2-3-5-8(7)13-9;1-3-2;/h6H,2-5H2,1H3,(H,11,12);3H2,1-2H3;1H. The zero-order valence-corrected chi connectivity index (χ0v) is 11.2. The van der Waals surface area contributed by atoms with Crippen molar-refractivity contribution in [3.8, 4) is 0 Å². The van der Waals surface area contributed by atoms with E-state index in [9.17, 15) is 4.79 Å². The van der Waals surface area contributed by atoms with Crippen LogP contribution < -0.4 is 5.32 Å². The molecule has 0 atom stereocenters. The van der Waals surface area contributed by atoms with Gasteiger partial charge in [-0.05, 0) is 37.3 Å². The van der Waals surface area contributed by atoms with E-state index >= 15 is 0 Å². The second-order valence-electron chi connectivity index (χ2n) is 4.05. The molecule has 1 N–H and O–H groups in total. The maximum Gasteiger partial charge on any atom is 0.261 e. The first-order chi connectivity index (χ1) is 7.72. The Bertz CT molecular complexity index is 326. The number of hydrogen-bond donors (Lipinski definition) is 1. The number of hydrogen-bond acceptors (Lipinski definition) is 2. The van der Waals surface area contributed by atoms with Gasteiger partial charge in [-0.25, -0.2) is 0 Å². The molecule has 3 heteroatoms. The molecule has 1 aliphatic carbocycles. The zero-order valence-electron chi connectivity index (χ0n) is 10.4. The van der Waals surface area contributed by atoms with Crippen LogP contribution >= 0.6 is 11.3 Å². The van der Waals surface area contributed by atoms with Gasteiger partial charge in [0.05, 0.1) is 4.88 Å². The Morgan fingerprint density at radius 2 is 2.06 bits per heavy atom. The summed E-state index contributed by atoms with van der Waals surface area (Å²) in [7, 11) is 1.68. The van der Waals surface area contributed by atoms with Gasteiger partial charge in [0.1, 0.15) is 0 Å². The summed E-state index contributed by atoms with van der Waals surface area (Å²) in [5.74, 6) is 0.0550. The van der Waals surface area contributed by atoms with Crippen molar-refractivity contribution >= 4 is 17.2 Å². The summed E-state index contributed by atoms with van der Waals surface area (Å²) >= 11 is 1.66. The molecule has 0 unspecified atom stereocenters. The highest BCUT2D eigenvalue weighted by Gasteiger charge is 2.15.